The second-order valence-corrected chi connectivity index (χ2v) is 5.51. The molecule has 0 heterocycles. The summed E-state index contributed by atoms with van der Waals surface area (Å²) in [6.45, 7) is 6.21. The molecule has 0 spiro atoms. The van der Waals surface area contributed by atoms with Gasteiger partial charge in [0.15, 0.2) is 0 Å². The summed E-state index contributed by atoms with van der Waals surface area (Å²) in [5.41, 5.74) is 1.97. The summed E-state index contributed by atoms with van der Waals surface area (Å²) < 4.78 is 0. The third kappa shape index (κ3) is 5.61. The van der Waals surface area contributed by atoms with E-state index in [-0.39, 0.29) is 18.7 Å². The molecule has 1 aromatic rings. The Morgan fingerprint density at radius 1 is 1.30 bits per heavy atom. The maximum absolute atomic E-state index is 12.0. The normalized spacial score (nSPS) is 12.2. The van der Waals surface area contributed by atoms with Crippen molar-refractivity contribution in [2.75, 3.05) is 11.9 Å². The van der Waals surface area contributed by atoms with Crippen molar-refractivity contribution in [1.82, 2.24) is 5.32 Å². The van der Waals surface area contributed by atoms with E-state index >= 15 is 0 Å². The summed E-state index contributed by atoms with van der Waals surface area (Å²) in [7, 11) is 0. The van der Waals surface area contributed by atoms with E-state index in [0.29, 0.717) is 5.92 Å². The quantitative estimate of drug-likeness (QED) is 0.717. The van der Waals surface area contributed by atoms with Crippen LogP contribution in [0.3, 0.4) is 0 Å². The van der Waals surface area contributed by atoms with Crippen molar-refractivity contribution in [2.45, 2.75) is 46.1 Å². The van der Waals surface area contributed by atoms with Crippen molar-refractivity contribution in [2.24, 2.45) is 5.92 Å². The van der Waals surface area contributed by atoms with E-state index in [1.807, 2.05) is 24.3 Å². The number of aryl methyl sites for hydroxylation is 1. The lowest BCUT2D eigenvalue weighted by Crippen LogP contribution is -2.41. The number of hydrogen-bond donors (Lipinski definition) is 3. The maximum atomic E-state index is 12.0. The number of hydrogen-bond acceptors (Lipinski definition) is 2. The molecular weight excluding hydrogens is 252 g/mol. The summed E-state index contributed by atoms with van der Waals surface area (Å²) in [5, 5.41) is 15.0. The Balaban J connectivity index is 2.61. The van der Waals surface area contributed by atoms with Crippen LogP contribution in [0, 0.1) is 5.92 Å². The van der Waals surface area contributed by atoms with Gasteiger partial charge in [-0.2, -0.15) is 0 Å². The zero-order chi connectivity index (χ0) is 15.0. The highest BCUT2D eigenvalue weighted by Crippen LogP contribution is 2.16. The highest BCUT2D eigenvalue weighted by molar-refractivity contribution is 5.90. The Bertz CT molecular complexity index is 419. The molecule has 2 amide bonds. The van der Waals surface area contributed by atoms with Crippen LogP contribution in [0.2, 0.25) is 0 Å². The van der Waals surface area contributed by atoms with Gasteiger partial charge in [-0.05, 0) is 30.4 Å². The van der Waals surface area contributed by atoms with Crippen LogP contribution in [-0.4, -0.2) is 23.8 Å². The van der Waals surface area contributed by atoms with E-state index in [9.17, 15) is 9.90 Å². The van der Waals surface area contributed by atoms with E-state index in [0.717, 1.165) is 30.5 Å². The number of rotatable bonds is 7. The molecule has 0 aromatic heterocycles. The summed E-state index contributed by atoms with van der Waals surface area (Å²) in [6.07, 6.45) is 2.74. The van der Waals surface area contributed by atoms with E-state index in [4.69, 9.17) is 0 Å². The molecule has 1 rings (SSSR count). The predicted octanol–water partition coefficient (Wildman–Crippen LogP) is 3.17. The highest BCUT2D eigenvalue weighted by Gasteiger charge is 2.13. The lowest BCUT2D eigenvalue weighted by molar-refractivity contribution is 0.214. The van der Waals surface area contributed by atoms with Crippen LogP contribution in [0.25, 0.3) is 0 Å². The zero-order valence-corrected chi connectivity index (χ0v) is 12.6. The smallest absolute Gasteiger partial charge is 0.319 e. The molecule has 0 bridgehead atoms. The van der Waals surface area contributed by atoms with Gasteiger partial charge in [-0.1, -0.05) is 45.4 Å². The highest BCUT2D eigenvalue weighted by atomic mass is 16.3. The minimum atomic E-state index is -0.256. The summed E-state index contributed by atoms with van der Waals surface area (Å²) >= 11 is 0. The molecule has 20 heavy (non-hydrogen) atoms. The number of urea groups is 1. The molecule has 1 unspecified atom stereocenters. The second kappa shape index (κ2) is 8.59. The van der Waals surface area contributed by atoms with Crippen molar-refractivity contribution >= 4 is 11.7 Å². The number of anilines is 1. The molecule has 4 nitrogen and oxygen atoms in total. The van der Waals surface area contributed by atoms with Crippen LogP contribution in [-0.2, 0) is 6.42 Å². The number of para-hydroxylation sites is 1. The number of aliphatic hydroxyl groups excluding tert-OH is 1. The fraction of sp³-hybridized carbons (Fsp3) is 0.562. The zero-order valence-electron chi connectivity index (χ0n) is 12.6. The lowest BCUT2D eigenvalue weighted by atomic mass is 10.0. The van der Waals surface area contributed by atoms with Gasteiger partial charge in [-0.25, -0.2) is 4.79 Å². The number of aliphatic hydroxyl groups is 1. The molecule has 0 aliphatic heterocycles. The molecule has 0 fully saturated rings. The summed E-state index contributed by atoms with van der Waals surface area (Å²) in [4.78, 5) is 12.0. The van der Waals surface area contributed by atoms with Gasteiger partial charge in [0.2, 0.25) is 0 Å². The standard InChI is InChI=1S/C16H26N2O2/c1-4-7-13-8-5-6-9-15(13)18-16(20)17-14(11-19)10-12(2)3/h5-6,8-9,12,14,19H,4,7,10-11H2,1-3H3,(H2,17,18,20). The van der Waals surface area contributed by atoms with Crippen molar-refractivity contribution in [3.63, 3.8) is 0 Å². The lowest BCUT2D eigenvalue weighted by Gasteiger charge is -2.19. The molecular formula is C16H26N2O2. The van der Waals surface area contributed by atoms with Crippen molar-refractivity contribution in [3.05, 3.63) is 29.8 Å². The fourth-order valence-electron chi connectivity index (χ4n) is 2.22. The maximum Gasteiger partial charge on any atom is 0.319 e. The van der Waals surface area contributed by atoms with E-state index < -0.39 is 0 Å². The van der Waals surface area contributed by atoms with E-state index in [2.05, 4.69) is 31.4 Å². The van der Waals surface area contributed by atoms with E-state index in [1.165, 1.54) is 0 Å². The van der Waals surface area contributed by atoms with Crippen LogP contribution in [0.4, 0.5) is 10.5 Å². The molecule has 0 aliphatic carbocycles. The number of benzene rings is 1. The average Bonchev–Trinajstić information content (AvgIpc) is 2.40. The van der Waals surface area contributed by atoms with Crippen LogP contribution >= 0.6 is 0 Å². The summed E-state index contributed by atoms with van der Waals surface area (Å²) in [5.74, 6) is 0.430. The third-order valence-corrected chi connectivity index (χ3v) is 3.10. The van der Waals surface area contributed by atoms with Crippen LogP contribution in [0.15, 0.2) is 24.3 Å². The fourth-order valence-corrected chi connectivity index (χ4v) is 2.22. The third-order valence-electron chi connectivity index (χ3n) is 3.10. The number of amides is 2. The Kier molecular flexibility index (Phi) is 7.09. The molecule has 4 heteroatoms. The number of nitrogens with one attached hydrogen (secondary N) is 2. The minimum absolute atomic E-state index is 0.0395. The van der Waals surface area contributed by atoms with Crippen LogP contribution < -0.4 is 10.6 Å². The van der Waals surface area contributed by atoms with Gasteiger partial charge in [0.05, 0.1) is 12.6 Å². The molecule has 0 aliphatic rings. The molecule has 3 N–H and O–H groups in total. The van der Waals surface area contributed by atoms with Gasteiger partial charge in [0, 0.05) is 5.69 Å². The van der Waals surface area contributed by atoms with Gasteiger partial charge < -0.3 is 15.7 Å². The Morgan fingerprint density at radius 2 is 2.00 bits per heavy atom. The number of carbonyl (C=O) groups excluding carboxylic acids is 1. The first-order chi connectivity index (χ1) is 9.56. The first kappa shape index (κ1) is 16.5. The SMILES string of the molecule is CCCc1ccccc1NC(=O)NC(CO)CC(C)C. The first-order valence-electron chi connectivity index (χ1n) is 7.33. The van der Waals surface area contributed by atoms with Crippen molar-refractivity contribution in [1.29, 1.82) is 0 Å². The Labute approximate surface area is 121 Å². The predicted molar refractivity (Wildman–Crippen MR) is 82.9 cm³/mol. The van der Waals surface area contributed by atoms with Crippen molar-refractivity contribution < 1.29 is 9.90 Å². The Morgan fingerprint density at radius 3 is 2.60 bits per heavy atom. The topological polar surface area (TPSA) is 61.4 Å². The average molecular weight is 278 g/mol. The van der Waals surface area contributed by atoms with Crippen LogP contribution in [0.5, 0.6) is 0 Å². The first-order valence-corrected chi connectivity index (χ1v) is 7.33. The van der Waals surface area contributed by atoms with Crippen LogP contribution in [0.1, 0.15) is 39.2 Å². The molecule has 1 aromatic carbocycles. The number of carbonyl (C=O) groups is 1. The van der Waals surface area contributed by atoms with Gasteiger partial charge in [-0.3, -0.25) is 0 Å². The van der Waals surface area contributed by atoms with Gasteiger partial charge in [0.1, 0.15) is 0 Å². The second-order valence-electron chi connectivity index (χ2n) is 5.51. The van der Waals surface area contributed by atoms with Gasteiger partial charge >= 0.3 is 6.03 Å². The largest absolute Gasteiger partial charge is 0.394 e. The van der Waals surface area contributed by atoms with E-state index in [1.54, 1.807) is 0 Å². The molecule has 112 valence electrons. The molecule has 0 saturated heterocycles. The summed E-state index contributed by atoms with van der Waals surface area (Å²) in [6, 6.07) is 7.36. The minimum Gasteiger partial charge on any atom is -0.394 e. The Hall–Kier alpha value is -1.55. The molecule has 0 saturated carbocycles. The monoisotopic (exact) mass is 278 g/mol. The van der Waals surface area contributed by atoms with Gasteiger partial charge in [-0.15, -0.1) is 0 Å². The molecule has 0 radical (unpaired) electrons. The van der Waals surface area contributed by atoms with Gasteiger partial charge in [0.25, 0.3) is 0 Å². The van der Waals surface area contributed by atoms with Crippen molar-refractivity contribution in [3.8, 4) is 0 Å². The molecule has 1 atom stereocenters.